The van der Waals surface area contributed by atoms with E-state index >= 15 is 0 Å². The number of fused-ring (bicyclic) bond motifs is 5. The van der Waals surface area contributed by atoms with E-state index in [1.807, 2.05) is 45.0 Å². The molecule has 1 saturated carbocycles. The Morgan fingerprint density at radius 2 is 1.85 bits per heavy atom. The van der Waals surface area contributed by atoms with E-state index < -0.39 is 5.60 Å². The predicted molar refractivity (Wildman–Crippen MR) is 129 cm³/mol. The van der Waals surface area contributed by atoms with Crippen LogP contribution in [0.25, 0.3) is 5.57 Å². The first kappa shape index (κ1) is 22.5. The monoisotopic (exact) mass is 450 g/mol. The third-order valence-electron chi connectivity index (χ3n) is 9.21. The molecule has 0 unspecified atom stereocenters. The van der Waals surface area contributed by atoms with Crippen LogP contribution in [-0.2, 0) is 9.53 Å². The minimum Gasteiger partial charge on any atom is -0.443 e. The van der Waals surface area contributed by atoms with Gasteiger partial charge in [0.05, 0.1) is 5.69 Å². The molecule has 33 heavy (non-hydrogen) atoms. The largest absolute Gasteiger partial charge is 0.443 e. The molecule has 0 bridgehead atoms. The molecular weight excluding hydrogens is 412 g/mol. The van der Waals surface area contributed by atoms with Crippen LogP contribution in [0.3, 0.4) is 0 Å². The lowest BCUT2D eigenvalue weighted by Crippen LogP contribution is -2.53. The van der Waals surface area contributed by atoms with Crippen LogP contribution in [-0.4, -0.2) is 34.1 Å². The van der Waals surface area contributed by atoms with E-state index in [4.69, 9.17) is 4.74 Å². The van der Waals surface area contributed by atoms with Crippen molar-refractivity contribution in [3.05, 3.63) is 41.9 Å². The molecule has 2 fully saturated rings. The fraction of sp³-hybridized carbons (Fsp3) is 0.643. The van der Waals surface area contributed by atoms with Gasteiger partial charge in [0, 0.05) is 30.8 Å². The third-order valence-corrected chi connectivity index (χ3v) is 9.21. The maximum absolute atomic E-state index is 12.9. The molecule has 1 saturated heterocycles. The average molecular weight is 451 g/mol. The molecule has 0 spiro atoms. The molecule has 1 amide bonds. The molecule has 5 rings (SSSR count). The van der Waals surface area contributed by atoms with Gasteiger partial charge in [0.15, 0.2) is 0 Å². The van der Waals surface area contributed by atoms with Gasteiger partial charge in [0.1, 0.15) is 5.60 Å². The summed E-state index contributed by atoms with van der Waals surface area (Å²) in [5.41, 5.74) is 3.16. The fourth-order valence-electron chi connectivity index (χ4n) is 7.62. The van der Waals surface area contributed by atoms with Crippen molar-refractivity contribution in [3.63, 3.8) is 0 Å². The lowest BCUT2D eigenvalue weighted by molar-refractivity contribution is -0.135. The molecule has 4 aliphatic rings. The van der Waals surface area contributed by atoms with Gasteiger partial charge in [-0.2, -0.15) is 0 Å². The van der Waals surface area contributed by atoms with Crippen molar-refractivity contribution in [3.8, 4) is 0 Å². The standard InChI is InChI=1S/C28H38N2O3/c1-26(2,3)33-25(32)30-17-7-8-22(30)21-11-10-19-18-9-12-23-28(5,16-14-24(31)29(23)6)20(18)13-15-27(19,21)4/h7-8,11-12,17-20H,9-10,13-16H2,1-6H3/t18-,19-,20-,27-,28+/m0/s1. The number of ether oxygens (including phenoxy) is 1. The van der Waals surface area contributed by atoms with Crippen molar-refractivity contribution < 1.29 is 14.3 Å². The summed E-state index contributed by atoms with van der Waals surface area (Å²) in [6.45, 7) is 10.5. The number of hydrogen-bond donors (Lipinski definition) is 0. The number of rotatable bonds is 1. The van der Waals surface area contributed by atoms with Gasteiger partial charge in [-0.3, -0.25) is 9.36 Å². The summed E-state index contributed by atoms with van der Waals surface area (Å²) in [4.78, 5) is 27.2. The Balaban J connectivity index is 1.45. The zero-order valence-electron chi connectivity index (χ0n) is 21.0. The van der Waals surface area contributed by atoms with E-state index in [1.165, 1.54) is 11.3 Å². The van der Waals surface area contributed by atoms with Crippen LogP contribution in [0, 0.1) is 28.6 Å². The minimum absolute atomic E-state index is 0.0530. The number of carbonyl (C=O) groups is 2. The van der Waals surface area contributed by atoms with Gasteiger partial charge in [-0.15, -0.1) is 0 Å². The zero-order valence-corrected chi connectivity index (χ0v) is 21.0. The minimum atomic E-state index is -0.525. The lowest BCUT2D eigenvalue weighted by atomic mass is 9.49. The number of likely N-dealkylation sites (tertiary alicyclic amines) is 1. The summed E-state index contributed by atoms with van der Waals surface area (Å²) in [6, 6.07) is 4.02. The van der Waals surface area contributed by atoms with E-state index in [-0.39, 0.29) is 22.8 Å². The van der Waals surface area contributed by atoms with Crippen molar-refractivity contribution in [1.29, 1.82) is 0 Å². The van der Waals surface area contributed by atoms with Crippen molar-refractivity contribution in [2.45, 2.75) is 78.7 Å². The van der Waals surface area contributed by atoms with Gasteiger partial charge < -0.3 is 9.64 Å². The summed E-state index contributed by atoms with van der Waals surface area (Å²) in [6.07, 6.45) is 12.3. The average Bonchev–Trinajstić information content (AvgIpc) is 3.33. The highest BCUT2D eigenvalue weighted by Gasteiger charge is 2.58. The first-order chi connectivity index (χ1) is 15.5. The predicted octanol–water partition coefficient (Wildman–Crippen LogP) is 6.25. The molecule has 1 aliphatic heterocycles. The second-order valence-electron chi connectivity index (χ2n) is 12.1. The highest BCUT2D eigenvalue weighted by Crippen LogP contribution is 2.66. The van der Waals surface area contributed by atoms with Crippen LogP contribution in [0.15, 0.2) is 36.2 Å². The van der Waals surface area contributed by atoms with Crippen LogP contribution in [0.1, 0.15) is 78.8 Å². The summed E-state index contributed by atoms with van der Waals surface area (Å²) < 4.78 is 7.38. The molecule has 178 valence electrons. The molecule has 1 aromatic heterocycles. The Morgan fingerprint density at radius 1 is 1.09 bits per heavy atom. The van der Waals surface area contributed by atoms with Crippen molar-refractivity contribution in [2.75, 3.05) is 7.05 Å². The Morgan fingerprint density at radius 3 is 2.58 bits per heavy atom. The van der Waals surface area contributed by atoms with Crippen LogP contribution >= 0.6 is 0 Å². The molecule has 0 radical (unpaired) electrons. The smallest absolute Gasteiger partial charge is 0.418 e. The first-order valence-corrected chi connectivity index (χ1v) is 12.5. The van der Waals surface area contributed by atoms with Crippen molar-refractivity contribution in [1.82, 2.24) is 9.47 Å². The summed E-state index contributed by atoms with van der Waals surface area (Å²) in [7, 11) is 1.96. The number of nitrogens with zero attached hydrogens (tertiary/aromatic N) is 2. The zero-order chi connectivity index (χ0) is 23.8. The Bertz CT molecular complexity index is 1060. The van der Waals surface area contributed by atoms with Gasteiger partial charge in [-0.1, -0.05) is 26.0 Å². The second kappa shape index (κ2) is 7.35. The third kappa shape index (κ3) is 3.33. The van der Waals surface area contributed by atoms with Gasteiger partial charge in [-0.05, 0) is 93.7 Å². The van der Waals surface area contributed by atoms with E-state index in [0.717, 1.165) is 37.8 Å². The molecule has 5 nitrogen and oxygen atoms in total. The molecular formula is C28H38N2O3. The summed E-state index contributed by atoms with van der Waals surface area (Å²) in [5.74, 6) is 2.03. The number of carbonyl (C=O) groups excluding carboxylic acids is 2. The van der Waals surface area contributed by atoms with Gasteiger partial charge in [0.2, 0.25) is 5.91 Å². The normalized spacial score (nSPS) is 35.9. The lowest BCUT2D eigenvalue weighted by Gasteiger charge is -2.58. The Labute approximate surface area is 197 Å². The summed E-state index contributed by atoms with van der Waals surface area (Å²) >= 11 is 0. The number of aromatic nitrogens is 1. The molecule has 3 aliphatic carbocycles. The second-order valence-corrected chi connectivity index (χ2v) is 12.1. The Kier molecular flexibility index (Phi) is 5.01. The van der Waals surface area contributed by atoms with Crippen LogP contribution in [0.4, 0.5) is 4.79 Å². The molecule has 0 N–H and O–H groups in total. The van der Waals surface area contributed by atoms with Crippen LogP contribution < -0.4 is 0 Å². The SMILES string of the molecule is CN1C(=O)CC[C@@]2(C)C1=CC[C@@H]1[C@@H]2CC[C@]2(C)C(c3cccn3C(=O)OC(C)(C)C)=CC[C@@H]12. The quantitative estimate of drug-likeness (QED) is 0.508. The molecule has 1 aromatic rings. The number of hydrogen-bond acceptors (Lipinski definition) is 3. The van der Waals surface area contributed by atoms with Crippen LogP contribution in [0.2, 0.25) is 0 Å². The van der Waals surface area contributed by atoms with Crippen molar-refractivity contribution in [2.24, 2.45) is 28.6 Å². The summed E-state index contributed by atoms with van der Waals surface area (Å²) in [5, 5.41) is 0. The maximum Gasteiger partial charge on any atom is 0.418 e. The van der Waals surface area contributed by atoms with E-state index in [9.17, 15) is 9.59 Å². The number of amides is 1. The topological polar surface area (TPSA) is 51.5 Å². The van der Waals surface area contributed by atoms with E-state index in [1.54, 1.807) is 4.57 Å². The number of piperidine rings is 1. The van der Waals surface area contributed by atoms with Crippen molar-refractivity contribution >= 4 is 17.6 Å². The van der Waals surface area contributed by atoms with Gasteiger partial charge >= 0.3 is 6.09 Å². The molecule has 5 heteroatoms. The van der Waals surface area contributed by atoms with Crippen LogP contribution in [0.5, 0.6) is 0 Å². The Hall–Kier alpha value is -2.30. The van der Waals surface area contributed by atoms with E-state index in [0.29, 0.717) is 24.2 Å². The highest BCUT2D eigenvalue weighted by atomic mass is 16.6. The van der Waals surface area contributed by atoms with Gasteiger partial charge in [0.25, 0.3) is 0 Å². The fourth-order valence-corrected chi connectivity index (χ4v) is 7.62. The maximum atomic E-state index is 12.9. The number of allylic oxidation sites excluding steroid dienone is 4. The molecule has 2 heterocycles. The first-order valence-electron chi connectivity index (χ1n) is 12.5. The van der Waals surface area contributed by atoms with E-state index in [2.05, 4.69) is 32.1 Å². The van der Waals surface area contributed by atoms with Gasteiger partial charge in [-0.25, -0.2) is 4.79 Å². The molecule has 0 aromatic carbocycles. The highest BCUT2D eigenvalue weighted by molar-refractivity contribution is 5.81. The molecule has 5 atom stereocenters.